The Morgan fingerprint density at radius 2 is 1.74 bits per heavy atom. The number of aromatic nitrogens is 5. The average molecular weight is 677 g/mol. The van der Waals surface area contributed by atoms with E-state index < -0.39 is 31.1 Å². The first-order valence-electron chi connectivity index (χ1n) is 14.7. The quantitative estimate of drug-likeness (QED) is 0.109. The van der Waals surface area contributed by atoms with E-state index in [1.165, 1.54) is 19.2 Å². The number of aliphatic hydroxyl groups excluding tert-OH is 1. The SMILES string of the molecule is CCOP(=O)(Cc1ccc(Nc2ncc(C(F)(F)F)c(Nc3ccc(-c4cnn(CC(C)CO)c4)nc3C(=O)NC)n2)cc1)OCC. The lowest BCUT2D eigenvalue weighted by Gasteiger charge is -2.17. The van der Waals surface area contributed by atoms with Gasteiger partial charge in [0.2, 0.25) is 5.95 Å². The van der Waals surface area contributed by atoms with Crippen LogP contribution in [0.3, 0.4) is 0 Å². The first-order valence-corrected chi connectivity index (χ1v) is 16.4. The number of amides is 1. The summed E-state index contributed by atoms with van der Waals surface area (Å²) in [7, 11) is -1.96. The van der Waals surface area contributed by atoms with Gasteiger partial charge in [-0.25, -0.2) is 9.97 Å². The normalized spacial score (nSPS) is 12.5. The van der Waals surface area contributed by atoms with Gasteiger partial charge in [-0.15, -0.1) is 0 Å². The van der Waals surface area contributed by atoms with Crippen LogP contribution in [0.15, 0.2) is 55.0 Å². The number of aliphatic hydroxyl groups is 1. The molecule has 4 aromatic rings. The minimum absolute atomic E-state index is 0.0187. The molecule has 0 fully saturated rings. The van der Waals surface area contributed by atoms with Crippen molar-refractivity contribution in [2.24, 2.45) is 5.92 Å². The molecule has 4 N–H and O–H groups in total. The number of nitrogens with zero attached hydrogens (tertiary/aromatic N) is 5. The molecule has 0 aliphatic carbocycles. The summed E-state index contributed by atoms with van der Waals surface area (Å²) in [5, 5.41) is 21.5. The molecular weight excluding hydrogens is 640 g/mol. The summed E-state index contributed by atoms with van der Waals surface area (Å²) in [5.74, 6) is -1.44. The molecule has 47 heavy (non-hydrogen) atoms. The second-order valence-electron chi connectivity index (χ2n) is 10.4. The van der Waals surface area contributed by atoms with Gasteiger partial charge in [0.25, 0.3) is 5.91 Å². The van der Waals surface area contributed by atoms with Crippen LogP contribution in [0, 0.1) is 5.92 Å². The molecule has 0 saturated heterocycles. The Kier molecular flexibility index (Phi) is 11.7. The number of pyridine rings is 1. The number of carbonyl (C=O) groups is 1. The monoisotopic (exact) mass is 676 g/mol. The first-order chi connectivity index (χ1) is 22.4. The fraction of sp³-hybridized carbons (Fsp3) is 0.367. The van der Waals surface area contributed by atoms with Crippen molar-refractivity contribution in [1.82, 2.24) is 30.0 Å². The molecule has 1 unspecified atom stereocenters. The van der Waals surface area contributed by atoms with Gasteiger partial charge in [-0.2, -0.15) is 23.3 Å². The average Bonchev–Trinajstić information content (AvgIpc) is 3.49. The maximum Gasteiger partial charge on any atom is 0.421 e. The molecule has 3 aromatic heterocycles. The Hall–Kier alpha value is -4.37. The number of hydrogen-bond acceptors (Lipinski definition) is 11. The lowest BCUT2D eigenvalue weighted by atomic mass is 10.1. The van der Waals surface area contributed by atoms with Crippen molar-refractivity contribution in [1.29, 1.82) is 0 Å². The van der Waals surface area contributed by atoms with Crippen LogP contribution < -0.4 is 16.0 Å². The first kappa shape index (κ1) is 35.5. The summed E-state index contributed by atoms with van der Waals surface area (Å²) in [6.07, 6.45) is -0.900. The summed E-state index contributed by atoms with van der Waals surface area (Å²) in [5.41, 5.74) is 0.694. The molecular formula is C30H36F3N8O5P. The van der Waals surface area contributed by atoms with E-state index in [1.54, 1.807) is 55.2 Å². The summed E-state index contributed by atoms with van der Waals surface area (Å²) in [4.78, 5) is 25.1. The van der Waals surface area contributed by atoms with Crippen molar-refractivity contribution in [2.45, 2.75) is 39.7 Å². The van der Waals surface area contributed by atoms with Gasteiger partial charge in [-0.05, 0) is 49.6 Å². The number of rotatable bonds is 15. The Morgan fingerprint density at radius 1 is 1.04 bits per heavy atom. The second-order valence-corrected chi connectivity index (χ2v) is 12.5. The Labute approximate surface area is 269 Å². The molecule has 13 nitrogen and oxygen atoms in total. The van der Waals surface area contributed by atoms with Crippen molar-refractivity contribution in [3.63, 3.8) is 0 Å². The van der Waals surface area contributed by atoms with Gasteiger partial charge in [-0.3, -0.25) is 14.0 Å². The number of nitrogens with one attached hydrogen (secondary N) is 3. The summed E-state index contributed by atoms with van der Waals surface area (Å²) < 4.78 is 67.2. The molecule has 1 aromatic carbocycles. The van der Waals surface area contributed by atoms with Gasteiger partial charge in [-0.1, -0.05) is 19.1 Å². The maximum absolute atomic E-state index is 14.0. The van der Waals surface area contributed by atoms with Gasteiger partial charge in [0.15, 0.2) is 5.69 Å². The van der Waals surface area contributed by atoms with Gasteiger partial charge in [0.05, 0.1) is 37.0 Å². The molecule has 1 amide bonds. The molecule has 0 saturated carbocycles. The van der Waals surface area contributed by atoms with Crippen molar-refractivity contribution in [3.05, 3.63) is 71.8 Å². The lowest BCUT2D eigenvalue weighted by molar-refractivity contribution is -0.137. The standard InChI is InChI=1S/C30H36F3N8O5P/c1-5-45-47(44,46-6-2)18-20-7-9-22(10-8-20)37-29-35-14-23(30(31,32)33)27(40-29)39-25-12-11-24(38-26(25)28(43)34-4)21-13-36-41(16-21)15-19(3)17-42/h7-14,16,19,42H,5-6,15,17-18H2,1-4H3,(H,34,43)(H2,35,37,39,40). The lowest BCUT2D eigenvalue weighted by Crippen LogP contribution is -2.21. The maximum atomic E-state index is 14.0. The highest BCUT2D eigenvalue weighted by Crippen LogP contribution is 2.51. The van der Waals surface area contributed by atoms with Crippen molar-refractivity contribution in [2.75, 3.05) is 37.5 Å². The van der Waals surface area contributed by atoms with Crippen LogP contribution >= 0.6 is 7.60 Å². The van der Waals surface area contributed by atoms with Crippen molar-refractivity contribution >= 4 is 36.6 Å². The Bertz CT molecular complexity index is 1710. The van der Waals surface area contributed by atoms with Crippen LogP contribution in [0.5, 0.6) is 0 Å². The molecule has 17 heteroatoms. The summed E-state index contributed by atoms with van der Waals surface area (Å²) >= 11 is 0. The third-order valence-corrected chi connectivity index (χ3v) is 8.72. The van der Waals surface area contributed by atoms with Crippen LogP contribution in [0.1, 0.15) is 42.4 Å². The van der Waals surface area contributed by atoms with Gasteiger partial charge >= 0.3 is 13.8 Å². The van der Waals surface area contributed by atoms with Crippen molar-refractivity contribution in [3.8, 4) is 11.3 Å². The Morgan fingerprint density at radius 3 is 2.36 bits per heavy atom. The predicted octanol–water partition coefficient (Wildman–Crippen LogP) is 6.00. The smallest absolute Gasteiger partial charge is 0.396 e. The molecule has 1 atom stereocenters. The highest BCUT2D eigenvalue weighted by molar-refractivity contribution is 7.53. The zero-order chi connectivity index (χ0) is 34.2. The molecule has 0 bridgehead atoms. The third kappa shape index (κ3) is 9.35. The van der Waals surface area contributed by atoms with E-state index in [-0.39, 0.29) is 49.2 Å². The van der Waals surface area contributed by atoms with E-state index >= 15 is 0 Å². The van der Waals surface area contributed by atoms with Crippen LogP contribution in [-0.2, 0) is 32.5 Å². The van der Waals surface area contributed by atoms with E-state index in [2.05, 4.69) is 36.0 Å². The molecule has 0 radical (unpaired) electrons. The predicted molar refractivity (Wildman–Crippen MR) is 170 cm³/mol. The van der Waals surface area contributed by atoms with Crippen molar-refractivity contribution < 1.29 is 36.7 Å². The number of anilines is 4. The summed E-state index contributed by atoms with van der Waals surface area (Å²) in [6.45, 7) is 6.18. The van der Waals surface area contributed by atoms with Crippen LogP contribution in [0.4, 0.5) is 36.3 Å². The molecule has 0 aliphatic heterocycles. The highest BCUT2D eigenvalue weighted by atomic mass is 31.2. The van der Waals surface area contributed by atoms with E-state index in [1.807, 2.05) is 6.92 Å². The molecule has 0 spiro atoms. The van der Waals surface area contributed by atoms with E-state index in [9.17, 15) is 27.6 Å². The van der Waals surface area contributed by atoms with E-state index in [0.29, 0.717) is 35.2 Å². The van der Waals surface area contributed by atoms with Crippen LogP contribution in [-0.4, -0.2) is 62.6 Å². The number of benzene rings is 1. The largest absolute Gasteiger partial charge is 0.421 e. The summed E-state index contributed by atoms with van der Waals surface area (Å²) in [6, 6.07) is 9.58. The van der Waals surface area contributed by atoms with E-state index in [0.717, 1.165) is 0 Å². The minimum atomic E-state index is -4.82. The fourth-order valence-electron chi connectivity index (χ4n) is 4.43. The van der Waals surface area contributed by atoms with Crippen LogP contribution in [0.25, 0.3) is 11.3 Å². The zero-order valence-corrected chi connectivity index (χ0v) is 27.1. The molecule has 0 aliphatic rings. The molecule has 3 heterocycles. The third-order valence-electron chi connectivity index (χ3n) is 6.66. The number of halogens is 3. The molecule has 252 valence electrons. The van der Waals surface area contributed by atoms with Gasteiger partial charge < -0.3 is 30.1 Å². The number of alkyl halides is 3. The van der Waals surface area contributed by atoms with Gasteiger partial charge in [0, 0.05) is 43.8 Å². The van der Waals surface area contributed by atoms with Crippen LogP contribution in [0.2, 0.25) is 0 Å². The topological polar surface area (TPSA) is 165 Å². The molecule has 4 rings (SSSR count). The van der Waals surface area contributed by atoms with E-state index in [4.69, 9.17) is 9.05 Å². The zero-order valence-electron chi connectivity index (χ0n) is 26.2. The highest BCUT2D eigenvalue weighted by Gasteiger charge is 2.36. The number of carbonyl (C=O) groups excluding carboxylic acids is 1. The second kappa shape index (κ2) is 15.5. The fourth-order valence-corrected chi connectivity index (χ4v) is 6.13. The van der Waals surface area contributed by atoms with Gasteiger partial charge in [0.1, 0.15) is 11.4 Å². The Balaban J connectivity index is 1.61. The minimum Gasteiger partial charge on any atom is -0.396 e. The number of hydrogen-bond donors (Lipinski definition) is 4.